The molecule has 0 saturated heterocycles. The highest BCUT2D eigenvalue weighted by Gasteiger charge is 2.27. The second kappa shape index (κ2) is 35.7. The first-order chi connectivity index (χ1) is 51.5. The minimum absolute atomic E-state index is 0.0291. The number of aromatic nitrogens is 9. The molecule has 24 nitrogen and oxygen atoms in total. The number of hydrogen-bond donors (Lipinski definition) is 8. The Morgan fingerprint density at radius 2 is 0.887 bits per heavy atom. The van der Waals surface area contributed by atoms with Crippen molar-refractivity contribution in [2.45, 2.75) is 66.1 Å². The van der Waals surface area contributed by atoms with E-state index >= 15 is 0 Å². The number of hydrogen-bond acceptors (Lipinski definition) is 18. The van der Waals surface area contributed by atoms with Crippen LogP contribution >= 0.6 is 0 Å². The average molecular weight is 1410 g/mol. The summed E-state index contributed by atoms with van der Waals surface area (Å²) in [5, 5.41) is 24.3. The van der Waals surface area contributed by atoms with Crippen molar-refractivity contribution in [2.75, 3.05) is 38.4 Å². The summed E-state index contributed by atoms with van der Waals surface area (Å²) >= 11 is 0. The van der Waals surface area contributed by atoms with Gasteiger partial charge in [-0.1, -0.05) is 56.1 Å². The van der Waals surface area contributed by atoms with Crippen molar-refractivity contribution in [3.8, 4) is 33.8 Å². The summed E-state index contributed by atoms with van der Waals surface area (Å²) in [5.41, 5.74) is 16.3. The van der Waals surface area contributed by atoms with Gasteiger partial charge in [-0.25, -0.2) is 29.9 Å². The van der Waals surface area contributed by atoms with Crippen molar-refractivity contribution in [1.82, 2.24) is 60.4 Å². The van der Waals surface area contributed by atoms with Crippen LogP contribution in [-0.2, 0) is 38.8 Å². The minimum Gasteiger partial charge on any atom is -0.352 e. The SMILES string of the molecule is C=CC(=O)N1Cc2ccc(C(=O)Nc3ccc(C)c(Nc4nccc(-c5cccnc5)n4)c3)cc2C1.C=CC(=O)NCC1CCC(C(=O)Nc2ccc(C)c(Nc3nccc(-c4cccnc4)n3)c2)CC1.C=CC(=O)NCc1ccc(C(=O)Nc2ccc(C)c(Nc3nccc(-c4cccnc4)n3)c2)cc1. The highest BCUT2D eigenvalue weighted by atomic mass is 16.2. The summed E-state index contributed by atoms with van der Waals surface area (Å²) < 4.78 is 0. The molecule has 13 rings (SSSR count). The number of rotatable bonds is 22. The first kappa shape index (κ1) is 73.4. The molecule has 1 fully saturated rings. The number of carbonyl (C=O) groups is 6. The molecule has 1 aliphatic carbocycles. The first-order valence-electron chi connectivity index (χ1n) is 34.2. The van der Waals surface area contributed by atoms with Crippen molar-refractivity contribution in [2.24, 2.45) is 11.8 Å². The maximum Gasteiger partial charge on any atom is 0.255 e. The normalized spacial score (nSPS) is 13.2. The Morgan fingerprint density at radius 3 is 1.33 bits per heavy atom. The molecule has 0 radical (unpaired) electrons. The van der Waals surface area contributed by atoms with E-state index in [2.05, 4.69) is 107 Å². The molecule has 532 valence electrons. The topological polar surface area (TPSA) is 318 Å². The van der Waals surface area contributed by atoms with E-state index in [1.807, 2.05) is 142 Å². The molecule has 24 heteroatoms. The number of nitrogens with one attached hydrogen (secondary N) is 8. The van der Waals surface area contributed by atoms with Crippen LogP contribution in [0.5, 0.6) is 0 Å². The second-order valence-corrected chi connectivity index (χ2v) is 25.1. The van der Waals surface area contributed by atoms with Gasteiger partial charge in [0.2, 0.25) is 41.5 Å². The Labute approximate surface area is 613 Å². The fraction of sp³-hybridized carbons (Fsp3) is 0.159. The van der Waals surface area contributed by atoms with Crippen molar-refractivity contribution in [3.05, 3.63) is 290 Å². The molecule has 0 bridgehead atoms. The van der Waals surface area contributed by atoms with Gasteiger partial charge in [-0.3, -0.25) is 43.7 Å². The van der Waals surface area contributed by atoms with Crippen molar-refractivity contribution < 1.29 is 28.8 Å². The molecule has 5 aromatic carbocycles. The van der Waals surface area contributed by atoms with Crippen LogP contribution < -0.4 is 42.5 Å². The molecule has 106 heavy (non-hydrogen) atoms. The Hall–Kier alpha value is -13.8. The number of carbonyl (C=O) groups excluding carboxylic acids is 6. The van der Waals surface area contributed by atoms with E-state index in [0.717, 1.165) is 116 Å². The van der Waals surface area contributed by atoms with E-state index in [1.54, 1.807) is 91.0 Å². The molecule has 6 amide bonds. The number of benzene rings is 5. The van der Waals surface area contributed by atoms with Gasteiger partial charge < -0.3 is 47.4 Å². The van der Waals surface area contributed by atoms with Gasteiger partial charge in [0.1, 0.15) is 0 Å². The third kappa shape index (κ3) is 20.3. The molecule has 1 saturated carbocycles. The third-order valence-electron chi connectivity index (χ3n) is 17.6. The van der Waals surface area contributed by atoms with E-state index in [-0.39, 0.29) is 41.4 Å². The van der Waals surface area contributed by atoms with Crippen molar-refractivity contribution in [1.29, 1.82) is 0 Å². The zero-order chi connectivity index (χ0) is 74.3. The molecule has 0 unspecified atom stereocenters. The number of pyridine rings is 3. The van der Waals surface area contributed by atoms with E-state index in [4.69, 9.17) is 0 Å². The third-order valence-corrected chi connectivity index (χ3v) is 17.6. The first-order valence-corrected chi connectivity index (χ1v) is 34.2. The maximum absolute atomic E-state index is 13.0. The van der Waals surface area contributed by atoms with E-state index < -0.39 is 0 Å². The van der Waals surface area contributed by atoms with Crippen LogP contribution in [0.4, 0.5) is 52.0 Å². The molecule has 11 aromatic rings. The van der Waals surface area contributed by atoms with Gasteiger partial charge in [-0.15, -0.1) is 0 Å². The lowest BCUT2D eigenvalue weighted by atomic mass is 9.81. The quantitative estimate of drug-likeness (QED) is 0.0292. The highest BCUT2D eigenvalue weighted by molar-refractivity contribution is 6.05. The van der Waals surface area contributed by atoms with Crippen molar-refractivity contribution >= 4 is 87.4 Å². The molecule has 6 aromatic heterocycles. The van der Waals surface area contributed by atoms with E-state index in [0.29, 0.717) is 72.4 Å². The summed E-state index contributed by atoms with van der Waals surface area (Å²) in [6.45, 7) is 18.4. The smallest absolute Gasteiger partial charge is 0.255 e. The predicted molar refractivity (Wildman–Crippen MR) is 412 cm³/mol. The minimum atomic E-state index is -0.246. The lowest BCUT2D eigenvalue weighted by molar-refractivity contribution is -0.126. The second-order valence-electron chi connectivity index (χ2n) is 25.1. The van der Waals surface area contributed by atoms with Crippen LogP contribution in [0.15, 0.2) is 245 Å². The lowest BCUT2D eigenvalue weighted by Gasteiger charge is -2.27. The van der Waals surface area contributed by atoms with Crippen LogP contribution in [0, 0.1) is 32.6 Å². The summed E-state index contributed by atoms with van der Waals surface area (Å²) in [7, 11) is 0. The number of aryl methyl sites for hydroxylation is 3. The zero-order valence-corrected chi connectivity index (χ0v) is 58.7. The molecule has 8 N–H and O–H groups in total. The number of amides is 6. The lowest BCUT2D eigenvalue weighted by Crippen LogP contribution is -2.33. The summed E-state index contributed by atoms with van der Waals surface area (Å²) in [4.78, 5) is 114. The van der Waals surface area contributed by atoms with E-state index in [1.165, 1.54) is 18.2 Å². The molecule has 1 aliphatic heterocycles. The van der Waals surface area contributed by atoms with Crippen LogP contribution in [0.25, 0.3) is 33.8 Å². The molecular formula is C82H78N18O6. The maximum atomic E-state index is 13.0. The number of nitrogens with zero attached hydrogens (tertiary/aromatic N) is 10. The number of fused-ring (bicyclic) bond motifs is 1. The summed E-state index contributed by atoms with van der Waals surface area (Å²) in [6.07, 6.45) is 22.8. The Bertz CT molecular complexity index is 5000. The highest BCUT2D eigenvalue weighted by Crippen LogP contribution is 2.33. The van der Waals surface area contributed by atoms with Gasteiger partial charge in [0.05, 0.1) is 17.1 Å². The van der Waals surface area contributed by atoms with Gasteiger partial charge in [0.25, 0.3) is 11.8 Å². The molecular weight excluding hydrogens is 1330 g/mol. The van der Waals surface area contributed by atoms with Gasteiger partial charge in [-0.2, -0.15) is 0 Å². The molecule has 0 atom stereocenters. The fourth-order valence-corrected chi connectivity index (χ4v) is 11.6. The van der Waals surface area contributed by atoms with E-state index in [9.17, 15) is 28.8 Å². The van der Waals surface area contributed by atoms with Gasteiger partial charge in [-0.05, 0) is 219 Å². The monoisotopic (exact) mass is 1410 g/mol. The van der Waals surface area contributed by atoms with Crippen molar-refractivity contribution in [3.63, 3.8) is 0 Å². The van der Waals surface area contributed by atoms with Crippen LogP contribution in [0.2, 0.25) is 0 Å². The Morgan fingerprint density at radius 1 is 0.453 bits per heavy atom. The molecule has 7 heterocycles. The van der Waals surface area contributed by atoms with Crippen LogP contribution in [0.3, 0.4) is 0 Å². The van der Waals surface area contributed by atoms with Crippen LogP contribution in [-0.4, -0.2) is 91.7 Å². The fourth-order valence-electron chi connectivity index (χ4n) is 11.6. The number of anilines is 9. The zero-order valence-electron chi connectivity index (χ0n) is 58.7. The predicted octanol–water partition coefficient (Wildman–Crippen LogP) is 14.2. The Balaban J connectivity index is 0.000000159. The summed E-state index contributed by atoms with van der Waals surface area (Å²) in [5.74, 6) is 0.783. The van der Waals surface area contributed by atoms with Gasteiger partial charge >= 0.3 is 0 Å². The standard InChI is InChI=1S/C28H24N6O2.C27H30N6O2.C27H24N6O2/c1-3-26(35)34-16-21-8-7-19(13-22(21)17-34)27(36)31-23-9-6-18(2)25(14-23)33-28-30-12-10-24(32-28)20-5-4-11-29-15-20;2*1-3-25(34)30-16-19-7-9-20(10-8-19)26(35)31-22-11-6-18(2)24(15-22)33-27-29-14-12-23(32-27)21-5-4-13-28-17-21/h3-15H,1,16-17H2,2H3,(H,31,36)(H,30,32,33);3-6,11-15,17,19-20H,1,7-10,16H2,2H3,(H,30,34)(H,31,35)(H,29,32,33);3-15,17H,1,16H2,2H3,(H,30,34)(H,31,35)(H,29,32,33). The molecule has 0 spiro atoms. The van der Waals surface area contributed by atoms with Crippen LogP contribution in [0.1, 0.15) is 79.8 Å². The van der Waals surface area contributed by atoms with Gasteiger partial charge in [0, 0.05) is 150 Å². The molecule has 2 aliphatic rings. The largest absolute Gasteiger partial charge is 0.352 e. The average Bonchev–Trinajstić information content (AvgIpc) is 1.65. The van der Waals surface area contributed by atoms with Gasteiger partial charge in [0.15, 0.2) is 0 Å². The Kier molecular flexibility index (Phi) is 24.7. The summed E-state index contributed by atoms with van der Waals surface area (Å²) in [6, 6.07) is 46.4.